The molecule has 1 atom stereocenters. The third-order valence-electron chi connectivity index (χ3n) is 3.43. The van der Waals surface area contributed by atoms with Gasteiger partial charge in [0.25, 0.3) is 0 Å². The molecule has 1 unspecified atom stereocenters. The van der Waals surface area contributed by atoms with Crippen LogP contribution in [0.15, 0.2) is 72.6 Å². The van der Waals surface area contributed by atoms with Gasteiger partial charge in [-0.25, -0.2) is 0 Å². The molecule has 14 nitrogen and oxygen atoms in total. The van der Waals surface area contributed by atoms with Gasteiger partial charge in [-0.3, -0.25) is 0 Å². The van der Waals surface area contributed by atoms with Gasteiger partial charge in [0, 0.05) is 0 Å². The molecule has 0 saturated heterocycles. The Morgan fingerprint density at radius 2 is 1.27 bits per heavy atom. The number of aryl methyl sites for hydroxylation is 1. The standard InChI is InChI=1S/C9H10O.C9H8O.2Au.3Cr.12O/c2*1-2-6-9-8(4-1)5-3-7-10-9;;;;;;;;;;;;;;;;;/h1-2,4,6H,3,5,7H2;1-7,9H;;;;;;;;;;;;;;;;;/q;;2*+3;;;;;;;;;;6*-1. The number of hydrogen-bond donors (Lipinski definition) is 0. The van der Waals surface area contributed by atoms with Crippen molar-refractivity contribution in [2.75, 3.05) is 6.61 Å². The van der Waals surface area contributed by atoms with Gasteiger partial charge >= 0.3 is 133 Å². The molecule has 0 amide bonds. The average molecular weight is 1010 g/mol. The van der Waals surface area contributed by atoms with Gasteiger partial charge in [-0.2, -0.15) is 0 Å². The summed E-state index contributed by atoms with van der Waals surface area (Å²) < 4.78 is 114. The molecule has 4 rings (SSSR count). The second kappa shape index (κ2) is 20.3. The largest absolute Gasteiger partial charge is 0.493 e. The third-order valence-corrected chi connectivity index (χ3v) is 3.43. The van der Waals surface area contributed by atoms with Gasteiger partial charge in [0.05, 0.1) is 12.9 Å². The molecule has 0 bridgehead atoms. The van der Waals surface area contributed by atoms with Gasteiger partial charge in [-0.1, -0.05) is 42.5 Å². The normalized spacial score (nSPS) is 16.3. The van der Waals surface area contributed by atoms with E-state index in [1.165, 1.54) is 17.6 Å². The van der Waals surface area contributed by atoms with Gasteiger partial charge in [-0.15, -0.1) is 0 Å². The molecule has 1 aromatic carbocycles. The number of ether oxygens (including phenoxy) is 2. The minimum Gasteiger partial charge on any atom is -0.493 e. The smallest absolute Gasteiger partial charge is 0.122 e. The quantitative estimate of drug-likeness (QED) is 0.225. The Morgan fingerprint density at radius 3 is 1.76 bits per heavy atom. The van der Waals surface area contributed by atoms with Crippen molar-refractivity contribution in [3.05, 3.63) is 78.1 Å². The molecule has 19 heteroatoms. The summed E-state index contributed by atoms with van der Waals surface area (Å²) in [7, 11) is 0. The van der Waals surface area contributed by atoms with Crippen LogP contribution in [0, 0.1) is 0 Å². The average Bonchev–Trinajstić information content (AvgIpc) is 2.71. The van der Waals surface area contributed by atoms with Crippen LogP contribution in [0.2, 0.25) is 0 Å². The first-order valence-corrected chi connectivity index (χ1v) is 15.3. The van der Waals surface area contributed by atoms with E-state index in [1.807, 2.05) is 36.4 Å². The Hall–Kier alpha value is -0.582. The van der Waals surface area contributed by atoms with E-state index in [2.05, 4.69) is 24.3 Å². The number of rotatable bonds is 0. The van der Waals surface area contributed by atoms with Gasteiger partial charge in [-0.05, 0) is 42.2 Å². The zero-order valence-electron chi connectivity index (χ0n) is 18.1. The summed E-state index contributed by atoms with van der Waals surface area (Å²) in [5, 5.41) is 0. The van der Waals surface area contributed by atoms with Crippen molar-refractivity contribution >= 4 is 0 Å². The van der Waals surface area contributed by atoms with E-state index in [9.17, 15) is 0 Å². The zero-order valence-corrected chi connectivity index (χ0v) is 26.3. The summed E-state index contributed by atoms with van der Waals surface area (Å²) in [5.41, 5.74) is 2.58. The Balaban J connectivity index is -0.000000405. The van der Waals surface area contributed by atoms with Crippen molar-refractivity contribution in [2.45, 2.75) is 18.9 Å². The molecule has 0 spiro atoms. The molecular weight excluding hydrogens is 990 g/mol. The van der Waals surface area contributed by atoms with E-state index in [4.69, 9.17) is 57.2 Å². The molecule has 0 N–H and O–H groups in total. The van der Waals surface area contributed by atoms with Crippen LogP contribution in [0.1, 0.15) is 12.0 Å². The van der Waals surface area contributed by atoms with Crippen LogP contribution in [-0.2, 0) is 120 Å². The van der Waals surface area contributed by atoms with E-state index in [0.29, 0.717) is 0 Å². The summed E-state index contributed by atoms with van der Waals surface area (Å²) in [6, 6.07) is 8.25. The van der Waals surface area contributed by atoms with E-state index in [-0.39, 0.29) is 50.9 Å². The molecule has 1 aliphatic carbocycles. The van der Waals surface area contributed by atoms with Crippen LogP contribution >= 0.6 is 0 Å². The Labute approximate surface area is 250 Å². The summed E-state index contributed by atoms with van der Waals surface area (Å²) in [6.07, 6.45) is 16.3. The molecule has 0 fully saturated rings. The van der Waals surface area contributed by atoms with Crippen molar-refractivity contribution in [3.8, 4) is 5.75 Å². The number of fused-ring (bicyclic) bond motifs is 2. The minimum atomic E-state index is -5.75. The summed E-state index contributed by atoms with van der Waals surface area (Å²) in [5.74, 6) is 1.08. The van der Waals surface area contributed by atoms with Crippen molar-refractivity contribution in [1.82, 2.24) is 0 Å². The van der Waals surface area contributed by atoms with E-state index < -0.39 is 40.8 Å². The maximum atomic E-state index is 8.59. The van der Waals surface area contributed by atoms with Crippen LogP contribution in [0.5, 0.6) is 5.75 Å². The van der Waals surface area contributed by atoms with Gasteiger partial charge < -0.3 is 9.47 Å². The number of benzene rings is 1. The predicted molar refractivity (Wildman–Crippen MR) is 84.8 cm³/mol. The van der Waals surface area contributed by atoms with E-state index in [1.54, 1.807) is 6.26 Å². The van der Waals surface area contributed by atoms with Crippen LogP contribution in [0.4, 0.5) is 0 Å². The molecule has 0 radical (unpaired) electrons. The molecule has 214 valence electrons. The summed E-state index contributed by atoms with van der Waals surface area (Å²) in [6.45, 7) is 0.886. The van der Waals surface area contributed by atoms with Crippen LogP contribution < -0.4 is 29.7 Å². The Bertz CT molecular complexity index is 1120. The molecule has 3 aliphatic rings. The maximum absolute atomic E-state index is 8.59. The Kier molecular flexibility index (Phi) is 22.5. The van der Waals surface area contributed by atoms with Crippen molar-refractivity contribution < 1.29 is 143 Å². The maximum Gasteiger partial charge on any atom is 0.122 e. The SMILES string of the molecule is C1=COC2C=CC=CC2=C1.[Au+3].[Au+3].[O]=[Cr](=[O])([O-])[O-].[O]=[Cr](=[O])([O-])[O-].[O]=[Cr](=[O])([O-])[O-].c1ccc2c(c1)CCCO2. The molecule has 0 saturated carbocycles. The fourth-order valence-electron chi connectivity index (χ4n) is 2.39. The van der Waals surface area contributed by atoms with Crippen molar-refractivity contribution in [2.24, 2.45) is 0 Å². The second-order valence-electron chi connectivity index (χ2n) is 6.08. The topological polar surface area (TPSA) is 259 Å². The zero-order chi connectivity index (χ0) is 27.1. The summed E-state index contributed by atoms with van der Waals surface area (Å²) in [4.78, 5) is 0. The van der Waals surface area contributed by atoms with Crippen LogP contribution in [-0.4, -0.2) is 12.7 Å². The summed E-state index contributed by atoms with van der Waals surface area (Å²) >= 11 is -17.2. The first kappa shape index (κ1) is 40.9. The predicted octanol–water partition coefficient (Wildman–Crippen LogP) is -3.90. The minimum absolute atomic E-state index is 0. The van der Waals surface area contributed by atoms with Crippen LogP contribution in [0.3, 0.4) is 0 Å². The molecule has 2 aliphatic heterocycles. The fourth-order valence-corrected chi connectivity index (χ4v) is 2.39. The van der Waals surface area contributed by atoms with Gasteiger partial charge in [0.15, 0.2) is 0 Å². The van der Waals surface area contributed by atoms with E-state index >= 15 is 0 Å². The number of allylic oxidation sites excluding steroid dienone is 4. The number of hydrogen-bond acceptors (Lipinski definition) is 14. The number of para-hydroxylation sites is 1. The van der Waals surface area contributed by atoms with Crippen molar-refractivity contribution in [3.63, 3.8) is 0 Å². The molecule has 37 heavy (non-hydrogen) atoms. The molecule has 1 aromatic rings. The Morgan fingerprint density at radius 1 is 0.757 bits per heavy atom. The first-order valence-electron chi connectivity index (χ1n) is 9.01. The van der Waals surface area contributed by atoms with Gasteiger partial charge in [0.1, 0.15) is 11.9 Å². The fraction of sp³-hybridized carbons (Fsp3) is 0.222. The molecule has 2 heterocycles. The third kappa shape index (κ3) is 31.5. The van der Waals surface area contributed by atoms with Crippen LogP contribution in [0.25, 0.3) is 0 Å². The molecule has 0 aromatic heterocycles. The first-order chi connectivity index (χ1) is 15.9. The van der Waals surface area contributed by atoms with Gasteiger partial charge in [0.2, 0.25) is 0 Å². The van der Waals surface area contributed by atoms with Crippen molar-refractivity contribution in [1.29, 1.82) is 0 Å². The monoisotopic (exact) mass is 1010 g/mol. The molecular formula is C18H18Au2Cr3O14. The van der Waals surface area contributed by atoms with E-state index in [0.717, 1.165) is 18.8 Å². The second-order valence-corrected chi connectivity index (χ2v) is 9.91.